The van der Waals surface area contributed by atoms with Crippen LogP contribution < -0.4 is 10.1 Å². The van der Waals surface area contributed by atoms with Crippen molar-refractivity contribution in [3.05, 3.63) is 59.1 Å². The molecule has 0 aromatic heterocycles. The Bertz CT molecular complexity index is 829. The number of methoxy groups -OCH3 is 1. The van der Waals surface area contributed by atoms with E-state index in [0.717, 1.165) is 29.1 Å². The Hall–Kier alpha value is -2.18. The minimum Gasteiger partial charge on any atom is -0.497 e. The molecule has 2 rings (SSSR count). The highest BCUT2D eigenvalue weighted by Gasteiger charge is 2.26. The number of ether oxygens (including phenoxy) is 1. The molecule has 1 atom stereocenters. The van der Waals surface area contributed by atoms with Crippen LogP contribution in [0.3, 0.4) is 0 Å². The van der Waals surface area contributed by atoms with Gasteiger partial charge in [0.1, 0.15) is 11.8 Å². The van der Waals surface area contributed by atoms with E-state index in [4.69, 9.17) is 16.3 Å². The summed E-state index contributed by atoms with van der Waals surface area (Å²) in [7, 11) is 1.61. The molecule has 0 saturated carbocycles. The van der Waals surface area contributed by atoms with Crippen LogP contribution in [-0.4, -0.2) is 42.2 Å². The van der Waals surface area contributed by atoms with Gasteiger partial charge in [0, 0.05) is 23.0 Å². The van der Waals surface area contributed by atoms with Crippen molar-refractivity contribution in [2.45, 2.75) is 44.2 Å². The van der Waals surface area contributed by atoms with Gasteiger partial charge in [0.2, 0.25) is 11.8 Å². The molecular formula is C23H29ClN2O3S. The van der Waals surface area contributed by atoms with E-state index in [-0.39, 0.29) is 17.6 Å². The average molecular weight is 449 g/mol. The summed E-state index contributed by atoms with van der Waals surface area (Å²) in [6.45, 7) is 4.79. The Labute approximate surface area is 188 Å². The third-order valence-corrected chi connectivity index (χ3v) is 5.91. The van der Waals surface area contributed by atoms with Crippen LogP contribution in [-0.2, 0) is 16.1 Å². The van der Waals surface area contributed by atoms with Gasteiger partial charge in [-0.25, -0.2) is 0 Å². The first-order chi connectivity index (χ1) is 14.4. The maximum absolute atomic E-state index is 13.1. The maximum Gasteiger partial charge on any atom is 0.242 e. The highest BCUT2D eigenvalue weighted by atomic mass is 35.5. The zero-order valence-corrected chi connectivity index (χ0v) is 19.3. The van der Waals surface area contributed by atoms with Crippen molar-refractivity contribution in [3.8, 4) is 5.75 Å². The molecule has 0 heterocycles. The number of carbonyl (C=O) groups excluding carboxylic acids is 2. The van der Waals surface area contributed by atoms with Crippen molar-refractivity contribution in [2.75, 3.05) is 19.4 Å². The molecule has 0 radical (unpaired) electrons. The maximum atomic E-state index is 13.1. The van der Waals surface area contributed by atoms with Crippen LogP contribution in [0.2, 0.25) is 5.02 Å². The fourth-order valence-electron chi connectivity index (χ4n) is 2.85. The van der Waals surface area contributed by atoms with Crippen LogP contribution in [0, 0.1) is 0 Å². The van der Waals surface area contributed by atoms with Gasteiger partial charge >= 0.3 is 0 Å². The van der Waals surface area contributed by atoms with E-state index in [1.165, 1.54) is 11.8 Å². The first-order valence-corrected chi connectivity index (χ1v) is 11.4. The lowest BCUT2D eigenvalue weighted by atomic mass is 10.1. The SMILES string of the molecule is CCCCNC(=O)[C@@H](C)N(Cc1cccc(OC)c1)C(=O)CSc1ccc(Cl)cc1. The van der Waals surface area contributed by atoms with E-state index in [2.05, 4.69) is 12.2 Å². The number of nitrogens with zero attached hydrogens (tertiary/aromatic N) is 1. The molecule has 2 aromatic carbocycles. The van der Waals surface area contributed by atoms with Crippen LogP contribution in [0.15, 0.2) is 53.4 Å². The second-order valence-electron chi connectivity index (χ2n) is 6.94. The number of nitrogens with one attached hydrogen (secondary N) is 1. The molecule has 1 N–H and O–H groups in total. The molecule has 2 amide bonds. The van der Waals surface area contributed by atoms with Crippen LogP contribution in [0.25, 0.3) is 0 Å². The summed E-state index contributed by atoms with van der Waals surface area (Å²) < 4.78 is 5.29. The second kappa shape index (κ2) is 12.5. The Morgan fingerprint density at radius 3 is 2.60 bits per heavy atom. The van der Waals surface area contributed by atoms with E-state index >= 15 is 0 Å². The molecule has 5 nitrogen and oxygen atoms in total. The largest absolute Gasteiger partial charge is 0.497 e. The van der Waals surface area contributed by atoms with Gasteiger partial charge in [-0.05, 0) is 55.3 Å². The Morgan fingerprint density at radius 1 is 1.20 bits per heavy atom. The van der Waals surface area contributed by atoms with Gasteiger partial charge in [-0.2, -0.15) is 0 Å². The second-order valence-corrected chi connectivity index (χ2v) is 8.42. The van der Waals surface area contributed by atoms with E-state index < -0.39 is 6.04 Å². The van der Waals surface area contributed by atoms with Crippen LogP contribution in [0.4, 0.5) is 0 Å². The van der Waals surface area contributed by atoms with Gasteiger partial charge < -0.3 is 15.0 Å². The molecule has 162 valence electrons. The van der Waals surface area contributed by atoms with Gasteiger partial charge in [-0.1, -0.05) is 37.1 Å². The number of amides is 2. The van der Waals surface area contributed by atoms with Crippen molar-refractivity contribution in [1.82, 2.24) is 10.2 Å². The van der Waals surface area contributed by atoms with E-state index in [9.17, 15) is 9.59 Å². The molecule has 0 aliphatic rings. The van der Waals surface area contributed by atoms with Crippen molar-refractivity contribution in [1.29, 1.82) is 0 Å². The first kappa shape index (κ1) is 24.1. The van der Waals surface area contributed by atoms with Crippen LogP contribution in [0.1, 0.15) is 32.3 Å². The fraction of sp³-hybridized carbons (Fsp3) is 0.391. The van der Waals surface area contributed by atoms with Crippen LogP contribution in [0.5, 0.6) is 5.75 Å². The number of benzene rings is 2. The van der Waals surface area contributed by atoms with Crippen molar-refractivity contribution < 1.29 is 14.3 Å². The highest BCUT2D eigenvalue weighted by Crippen LogP contribution is 2.22. The van der Waals surface area contributed by atoms with E-state index in [1.807, 2.05) is 36.4 Å². The molecule has 0 aliphatic carbocycles. The summed E-state index contributed by atoms with van der Waals surface area (Å²) in [6.07, 6.45) is 1.91. The molecule has 0 saturated heterocycles. The topological polar surface area (TPSA) is 58.6 Å². The summed E-state index contributed by atoms with van der Waals surface area (Å²) in [5.41, 5.74) is 0.910. The minimum atomic E-state index is -0.577. The number of hydrogen-bond donors (Lipinski definition) is 1. The Morgan fingerprint density at radius 2 is 1.93 bits per heavy atom. The third-order valence-electron chi connectivity index (χ3n) is 4.66. The van der Waals surface area contributed by atoms with Crippen molar-refractivity contribution in [2.24, 2.45) is 0 Å². The Balaban J connectivity index is 2.12. The smallest absolute Gasteiger partial charge is 0.242 e. The van der Waals surface area contributed by atoms with E-state index in [1.54, 1.807) is 31.1 Å². The summed E-state index contributed by atoms with van der Waals surface area (Å²) in [4.78, 5) is 28.3. The number of halogens is 1. The summed E-state index contributed by atoms with van der Waals surface area (Å²) in [5, 5.41) is 3.58. The minimum absolute atomic E-state index is 0.101. The molecular weight excluding hydrogens is 420 g/mol. The van der Waals surface area contributed by atoms with Crippen molar-refractivity contribution in [3.63, 3.8) is 0 Å². The zero-order chi connectivity index (χ0) is 21.9. The van der Waals surface area contributed by atoms with E-state index in [0.29, 0.717) is 18.1 Å². The molecule has 30 heavy (non-hydrogen) atoms. The number of thioether (sulfide) groups is 1. The quantitative estimate of drug-likeness (QED) is 0.397. The fourth-order valence-corrected chi connectivity index (χ4v) is 3.76. The lowest BCUT2D eigenvalue weighted by Gasteiger charge is -2.29. The highest BCUT2D eigenvalue weighted by molar-refractivity contribution is 8.00. The molecule has 0 unspecified atom stereocenters. The average Bonchev–Trinajstić information content (AvgIpc) is 2.76. The predicted molar refractivity (Wildman–Crippen MR) is 123 cm³/mol. The molecule has 7 heteroatoms. The van der Waals surface area contributed by atoms with Gasteiger partial charge in [0.05, 0.1) is 12.9 Å². The van der Waals surface area contributed by atoms with Crippen LogP contribution >= 0.6 is 23.4 Å². The summed E-state index contributed by atoms with van der Waals surface area (Å²) in [5.74, 6) is 0.709. The molecule has 2 aromatic rings. The summed E-state index contributed by atoms with van der Waals surface area (Å²) >= 11 is 7.36. The number of carbonyl (C=O) groups is 2. The number of hydrogen-bond acceptors (Lipinski definition) is 4. The lowest BCUT2D eigenvalue weighted by Crippen LogP contribution is -2.48. The number of unbranched alkanes of at least 4 members (excludes halogenated alkanes) is 1. The normalized spacial score (nSPS) is 11.6. The third kappa shape index (κ3) is 7.58. The van der Waals surface area contributed by atoms with Gasteiger partial charge in [0.15, 0.2) is 0 Å². The summed E-state index contributed by atoms with van der Waals surface area (Å²) in [6, 6.07) is 14.3. The Kier molecular flexibility index (Phi) is 10.0. The molecule has 0 spiro atoms. The standard InChI is InChI=1S/C23H29ClN2O3S/c1-4-5-13-25-23(28)17(2)26(15-18-7-6-8-20(14-18)29-3)22(27)16-30-21-11-9-19(24)10-12-21/h6-12,14,17H,4-5,13,15-16H2,1-3H3,(H,25,28)/t17-/m1/s1. The van der Waals surface area contributed by atoms with Gasteiger partial charge in [0.25, 0.3) is 0 Å². The van der Waals surface area contributed by atoms with Gasteiger partial charge in [-0.3, -0.25) is 9.59 Å². The molecule has 0 bridgehead atoms. The number of rotatable bonds is 11. The van der Waals surface area contributed by atoms with Gasteiger partial charge in [-0.15, -0.1) is 11.8 Å². The first-order valence-electron chi connectivity index (χ1n) is 10.0. The predicted octanol–water partition coefficient (Wildman–Crippen LogP) is 4.77. The van der Waals surface area contributed by atoms with Crippen molar-refractivity contribution >= 4 is 35.2 Å². The molecule has 0 aliphatic heterocycles. The lowest BCUT2D eigenvalue weighted by molar-refractivity contribution is -0.138. The zero-order valence-electron chi connectivity index (χ0n) is 17.7. The monoisotopic (exact) mass is 448 g/mol. The molecule has 0 fully saturated rings.